The van der Waals surface area contributed by atoms with Crippen molar-refractivity contribution in [1.29, 1.82) is 0 Å². The Labute approximate surface area is 138 Å². The first-order valence-corrected chi connectivity index (χ1v) is 7.93. The summed E-state index contributed by atoms with van der Waals surface area (Å²) in [5, 5.41) is 11.8. The second-order valence-electron chi connectivity index (χ2n) is 3.39. The van der Waals surface area contributed by atoms with Gasteiger partial charge in [0.05, 0.1) is 8.95 Å². The summed E-state index contributed by atoms with van der Waals surface area (Å²) in [5.74, 6) is 0.658. The van der Waals surface area contributed by atoms with Gasteiger partial charge in [-0.25, -0.2) is 0 Å². The van der Waals surface area contributed by atoms with Crippen molar-refractivity contribution in [1.82, 2.24) is 0 Å². The van der Waals surface area contributed by atoms with E-state index < -0.39 is 0 Å². The molecule has 0 amide bonds. The van der Waals surface area contributed by atoms with E-state index in [4.69, 9.17) is 4.74 Å². The standard InChI is InChI=1S/C12H6Br4O2/c13-6-1-2-11(8(15)3-6)18-12-9(16)4-7(14)5-10(12)17/h1-5,17H/p-1. The highest BCUT2D eigenvalue weighted by molar-refractivity contribution is 9.11. The van der Waals surface area contributed by atoms with Crippen molar-refractivity contribution in [3.05, 3.63) is 48.2 Å². The van der Waals surface area contributed by atoms with Crippen LogP contribution in [0.4, 0.5) is 0 Å². The van der Waals surface area contributed by atoms with Crippen LogP contribution in [0.3, 0.4) is 0 Å². The molecule has 6 heteroatoms. The fourth-order valence-corrected chi connectivity index (χ4v) is 3.70. The molecule has 0 saturated heterocycles. The lowest BCUT2D eigenvalue weighted by Crippen LogP contribution is -1.96. The Morgan fingerprint density at radius 3 is 2.11 bits per heavy atom. The molecule has 0 spiro atoms. The third kappa shape index (κ3) is 3.29. The van der Waals surface area contributed by atoms with Crippen molar-refractivity contribution in [2.24, 2.45) is 0 Å². The molecular weight excluding hydrogens is 496 g/mol. The van der Waals surface area contributed by atoms with Gasteiger partial charge in [-0.2, -0.15) is 0 Å². The van der Waals surface area contributed by atoms with Crippen LogP contribution < -0.4 is 9.84 Å². The Balaban J connectivity index is 2.40. The van der Waals surface area contributed by atoms with Crippen LogP contribution in [-0.2, 0) is 0 Å². The van der Waals surface area contributed by atoms with E-state index in [2.05, 4.69) is 63.7 Å². The summed E-state index contributed by atoms with van der Waals surface area (Å²) >= 11 is 13.3. The van der Waals surface area contributed by atoms with E-state index >= 15 is 0 Å². The van der Waals surface area contributed by atoms with Gasteiger partial charge < -0.3 is 9.84 Å². The van der Waals surface area contributed by atoms with Gasteiger partial charge in [0.1, 0.15) is 11.5 Å². The summed E-state index contributed by atoms with van der Waals surface area (Å²) < 4.78 is 8.65. The van der Waals surface area contributed by atoms with Crippen LogP contribution in [0.2, 0.25) is 0 Å². The van der Waals surface area contributed by atoms with Crippen molar-refractivity contribution in [3.8, 4) is 17.2 Å². The number of hydrogen-bond donors (Lipinski definition) is 0. The smallest absolute Gasteiger partial charge is 0.141 e. The molecule has 0 aliphatic carbocycles. The molecule has 2 aromatic carbocycles. The van der Waals surface area contributed by atoms with Crippen molar-refractivity contribution < 1.29 is 9.84 Å². The van der Waals surface area contributed by atoms with E-state index in [9.17, 15) is 5.11 Å². The number of ether oxygens (including phenoxy) is 1. The maximum absolute atomic E-state index is 11.8. The van der Waals surface area contributed by atoms with Gasteiger partial charge in [-0.15, -0.1) is 0 Å². The lowest BCUT2D eigenvalue weighted by Gasteiger charge is -2.17. The SMILES string of the molecule is [O-]c1cc(Br)cc(Br)c1Oc1ccc(Br)cc1Br. The molecule has 0 aliphatic rings. The topological polar surface area (TPSA) is 32.3 Å². The predicted octanol–water partition coefficient (Wildman–Crippen LogP) is 5.60. The molecule has 94 valence electrons. The zero-order valence-electron chi connectivity index (χ0n) is 8.72. The fourth-order valence-electron chi connectivity index (χ4n) is 1.30. The zero-order valence-corrected chi connectivity index (χ0v) is 15.1. The maximum Gasteiger partial charge on any atom is 0.141 e. The predicted molar refractivity (Wildman–Crippen MR) is 83.2 cm³/mol. The van der Waals surface area contributed by atoms with Gasteiger partial charge in [0.15, 0.2) is 0 Å². The van der Waals surface area contributed by atoms with E-state index in [0.29, 0.717) is 14.7 Å². The molecule has 0 bridgehead atoms. The molecule has 2 nitrogen and oxygen atoms in total. The Bertz CT molecular complexity index is 576. The van der Waals surface area contributed by atoms with Gasteiger partial charge in [0.2, 0.25) is 0 Å². The summed E-state index contributed by atoms with van der Waals surface area (Å²) in [4.78, 5) is 0. The van der Waals surface area contributed by atoms with Crippen molar-refractivity contribution >= 4 is 63.7 Å². The minimum atomic E-state index is -0.189. The van der Waals surface area contributed by atoms with Crippen LogP contribution in [-0.4, -0.2) is 0 Å². The van der Waals surface area contributed by atoms with Crippen LogP contribution in [0.15, 0.2) is 48.2 Å². The van der Waals surface area contributed by atoms with E-state index in [0.717, 1.165) is 8.95 Å². The number of halogens is 4. The molecule has 0 saturated carbocycles. The highest BCUT2D eigenvalue weighted by atomic mass is 79.9. The lowest BCUT2D eigenvalue weighted by molar-refractivity contribution is -0.270. The Kier molecular flexibility index (Phi) is 4.75. The van der Waals surface area contributed by atoms with Crippen molar-refractivity contribution in [3.63, 3.8) is 0 Å². The summed E-state index contributed by atoms with van der Waals surface area (Å²) in [6.45, 7) is 0. The molecule has 0 radical (unpaired) electrons. The van der Waals surface area contributed by atoms with E-state index in [1.165, 1.54) is 6.07 Å². The van der Waals surface area contributed by atoms with Gasteiger partial charge in [-0.1, -0.05) is 43.7 Å². The van der Waals surface area contributed by atoms with E-state index in [-0.39, 0.29) is 11.5 Å². The minimum Gasteiger partial charge on any atom is -0.870 e. The van der Waals surface area contributed by atoms with Crippen LogP contribution in [0, 0.1) is 0 Å². The summed E-state index contributed by atoms with van der Waals surface area (Å²) in [5.41, 5.74) is 0. The average molecular weight is 501 g/mol. The number of benzene rings is 2. The van der Waals surface area contributed by atoms with Crippen molar-refractivity contribution in [2.45, 2.75) is 0 Å². The molecule has 0 aromatic heterocycles. The lowest BCUT2D eigenvalue weighted by atomic mass is 10.3. The Morgan fingerprint density at radius 1 is 0.833 bits per heavy atom. The molecule has 0 atom stereocenters. The molecule has 0 aliphatic heterocycles. The van der Waals surface area contributed by atoms with Gasteiger partial charge in [0, 0.05) is 8.95 Å². The van der Waals surface area contributed by atoms with Crippen LogP contribution in [0.25, 0.3) is 0 Å². The second kappa shape index (κ2) is 5.94. The molecule has 0 heterocycles. The number of rotatable bonds is 2. The van der Waals surface area contributed by atoms with Crippen LogP contribution >= 0.6 is 63.7 Å². The zero-order chi connectivity index (χ0) is 13.3. The normalized spacial score (nSPS) is 10.4. The summed E-state index contributed by atoms with van der Waals surface area (Å²) in [7, 11) is 0. The molecule has 0 fully saturated rings. The molecule has 0 N–H and O–H groups in total. The molecule has 0 unspecified atom stereocenters. The Morgan fingerprint density at radius 2 is 1.50 bits per heavy atom. The first kappa shape index (κ1) is 14.4. The quantitative estimate of drug-likeness (QED) is 0.537. The monoisotopic (exact) mass is 497 g/mol. The highest BCUT2D eigenvalue weighted by Crippen LogP contribution is 2.41. The third-order valence-electron chi connectivity index (χ3n) is 2.08. The largest absolute Gasteiger partial charge is 0.870 e. The molecule has 2 rings (SSSR count). The minimum absolute atomic E-state index is 0.189. The number of hydrogen-bond acceptors (Lipinski definition) is 2. The van der Waals surface area contributed by atoms with Gasteiger partial charge >= 0.3 is 0 Å². The van der Waals surface area contributed by atoms with E-state index in [1.54, 1.807) is 12.1 Å². The van der Waals surface area contributed by atoms with E-state index in [1.807, 2.05) is 12.1 Å². The summed E-state index contributed by atoms with van der Waals surface area (Å²) in [6.07, 6.45) is 0. The van der Waals surface area contributed by atoms with Crippen molar-refractivity contribution in [2.75, 3.05) is 0 Å². The van der Waals surface area contributed by atoms with Gasteiger partial charge in [-0.05, 0) is 56.1 Å². The average Bonchev–Trinajstić information content (AvgIpc) is 2.25. The van der Waals surface area contributed by atoms with Gasteiger partial charge in [0.25, 0.3) is 0 Å². The summed E-state index contributed by atoms with van der Waals surface area (Å²) in [6, 6.07) is 8.71. The molecule has 18 heavy (non-hydrogen) atoms. The third-order valence-corrected chi connectivity index (χ3v) is 4.24. The van der Waals surface area contributed by atoms with Crippen LogP contribution in [0.5, 0.6) is 17.2 Å². The first-order valence-electron chi connectivity index (χ1n) is 4.76. The molecule has 2 aromatic rings. The fraction of sp³-hybridized carbons (Fsp3) is 0. The second-order valence-corrected chi connectivity index (χ2v) is 6.93. The van der Waals surface area contributed by atoms with Crippen LogP contribution in [0.1, 0.15) is 0 Å². The van der Waals surface area contributed by atoms with Gasteiger partial charge in [-0.3, -0.25) is 0 Å². The molecular formula is C12H5Br4O2-. The maximum atomic E-state index is 11.8. The Hall–Kier alpha value is -0.0400. The first-order chi connectivity index (χ1) is 8.47. The highest BCUT2D eigenvalue weighted by Gasteiger charge is 2.08.